The number of hydrogen-bond donors (Lipinski definition) is 1. The van der Waals surface area contributed by atoms with Gasteiger partial charge in [0.15, 0.2) is 0 Å². The minimum Gasteiger partial charge on any atom is -0.311 e. The Hall–Kier alpha value is -1.11. The molecule has 0 aromatic heterocycles. The first-order chi connectivity index (χ1) is 9.76. The molecular formula is C14H21ClN2O3S. The minimum absolute atomic E-state index is 0.0903. The lowest BCUT2D eigenvalue weighted by Crippen LogP contribution is -2.38. The summed E-state index contributed by atoms with van der Waals surface area (Å²) in [6.07, 6.45) is 0.558. The molecule has 0 aliphatic carbocycles. The molecular weight excluding hydrogens is 312 g/mol. The largest absolute Gasteiger partial charge is 0.311 e. The number of halogens is 1. The molecule has 0 aliphatic rings. The lowest BCUT2D eigenvalue weighted by Gasteiger charge is -2.23. The fraction of sp³-hybridized carbons (Fsp3) is 0.500. The zero-order valence-corrected chi connectivity index (χ0v) is 14.1. The number of amides is 1. The summed E-state index contributed by atoms with van der Waals surface area (Å²) in [4.78, 5) is 13.3. The second-order valence-corrected chi connectivity index (χ2v) is 7.18. The molecule has 0 atom stereocenters. The van der Waals surface area contributed by atoms with Crippen LogP contribution in [-0.4, -0.2) is 33.2 Å². The van der Waals surface area contributed by atoms with Crippen LogP contribution in [0.1, 0.15) is 25.8 Å². The number of anilines is 1. The average Bonchev–Trinajstić information content (AvgIpc) is 2.35. The van der Waals surface area contributed by atoms with E-state index in [2.05, 4.69) is 4.72 Å². The molecule has 1 aromatic carbocycles. The number of carbonyl (C=O) groups excluding carboxylic acids is 1. The van der Waals surface area contributed by atoms with Crippen LogP contribution < -0.4 is 9.62 Å². The fourth-order valence-corrected chi connectivity index (χ4v) is 3.33. The summed E-state index contributed by atoms with van der Waals surface area (Å²) in [5.41, 5.74) is 1.61. The quantitative estimate of drug-likeness (QED) is 0.833. The molecule has 0 unspecified atom stereocenters. The Morgan fingerprint density at radius 3 is 2.57 bits per heavy atom. The Labute approximate surface area is 131 Å². The van der Waals surface area contributed by atoms with Crippen molar-refractivity contribution in [1.82, 2.24) is 4.72 Å². The molecule has 1 amide bonds. The van der Waals surface area contributed by atoms with Crippen molar-refractivity contribution >= 4 is 33.2 Å². The van der Waals surface area contributed by atoms with Crippen LogP contribution in [0.2, 0.25) is 5.02 Å². The van der Waals surface area contributed by atoms with E-state index in [-0.39, 0.29) is 24.7 Å². The van der Waals surface area contributed by atoms with Gasteiger partial charge in [-0.1, -0.05) is 18.5 Å². The monoisotopic (exact) mass is 332 g/mol. The molecule has 118 valence electrons. The maximum absolute atomic E-state index is 11.8. The Balaban J connectivity index is 2.78. The third-order valence-corrected chi connectivity index (χ3v) is 4.78. The van der Waals surface area contributed by atoms with Crippen LogP contribution in [0.15, 0.2) is 18.2 Å². The third-order valence-electron chi connectivity index (χ3n) is 2.96. The molecule has 21 heavy (non-hydrogen) atoms. The lowest BCUT2D eigenvalue weighted by molar-refractivity contribution is -0.116. The standard InChI is InChI=1S/C14H21ClN2O3S/c1-4-9-21(19,20)16-7-8-17(12(3)18)14-6-5-13(15)10-11(14)2/h5-6,10,16H,4,7-9H2,1-3H3. The van der Waals surface area contributed by atoms with E-state index >= 15 is 0 Å². The molecule has 0 bridgehead atoms. The van der Waals surface area contributed by atoms with Crippen molar-refractivity contribution in [3.05, 3.63) is 28.8 Å². The lowest BCUT2D eigenvalue weighted by atomic mass is 10.2. The Kier molecular flexibility index (Phi) is 6.64. The van der Waals surface area contributed by atoms with Crippen molar-refractivity contribution in [2.24, 2.45) is 0 Å². The highest BCUT2D eigenvalue weighted by Crippen LogP contribution is 2.23. The summed E-state index contributed by atoms with van der Waals surface area (Å²) in [5.74, 6) is -0.0531. The zero-order valence-electron chi connectivity index (χ0n) is 12.5. The van der Waals surface area contributed by atoms with Gasteiger partial charge in [0.1, 0.15) is 0 Å². The van der Waals surface area contributed by atoms with E-state index in [1.807, 2.05) is 6.92 Å². The van der Waals surface area contributed by atoms with Gasteiger partial charge in [-0.25, -0.2) is 13.1 Å². The zero-order chi connectivity index (χ0) is 16.0. The number of carbonyl (C=O) groups is 1. The van der Waals surface area contributed by atoms with Gasteiger partial charge in [0.05, 0.1) is 5.75 Å². The minimum atomic E-state index is -3.26. The maximum Gasteiger partial charge on any atom is 0.223 e. The van der Waals surface area contributed by atoms with E-state index in [1.54, 1.807) is 30.0 Å². The van der Waals surface area contributed by atoms with Crippen LogP contribution in [0.3, 0.4) is 0 Å². The second kappa shape index (κ2) is 7.77. The number of rotatable bonds is 7. The normalized spacial score (nSPS) is 11.4. The second-order valence-electron chi connectivity index (χ2n) is 4.81. The Bertz CT molecular complexity index is 602. The highest BCUT2D eigenvalue weighted by Gasteiger charge is 2.15. The first-order valence-electron chi connectivity index (χ1n) is 6.78. The van der Waals surface area contributed by atoms with Gasteiger partial charge in [-0.15, -0.1) is 0 Å². The van der Waals surface area contributed by atoms with Crippen LogP contribution in [-0.2, 0) is 14.8 Å². The summed E-state index contributed by atoms with van der Waals surface area (Å²) in [7, 11) is -3.26. The highest BCUT2D eigenvalue weighted by molar-refractivity contribution is 7.89. The summed E-state index contributed by atoms with van der Waals surface area (Å²) < 4.78 is 25.7. The van der Waals surface area contributed by atoms with Gasteiger partial charge in [-0.2, -0.15) is 0 Å². The topological polar surface area (TPSA) is 66.5 Å². The number of nitrogens with one attached hydrogen (secondary N) is 1. The molecule has 0 aliphatic heterocycles. The maximum atomic E-state index is 11.8. The van der Waals surface area contributed by atoms with Crippen molar-refractivity contribution < 1.29 is 13.2 Å². The molecule has 1 aromatic rings. The first kappa shape index (κ1) is 17.9. The number of benzene rings is 1. The molecule has 7 heteroatoms. The van der Waals surface area contributed by atoms with Gasteiger partial charge >= 0.3 is 0 Å². The summed E-state index contributed by atoms with van der Waals surface area (Å²) in [5, 5.41) is 0.600. The van der Waals surface area contributed by atoms with Gasteiger partial charge < -0.3 is 4.90 Å². The van der Waals surface area contributed by atoms with E-state index in [0.717, 1.165) is 11.3 Å². The van der Waals surface area contributed by atoms with E-state index in [1.165, 1.54) is 6.92 Å². The Morgan fingerprint density at radius 1 is 1.38 bits per heavy atom. The van der Waals surface area contributed by atoms with Crippen LogP contribution >= 0.6 is 11.6 Å². The first-order valence-corrected chi connectivity index (χ1v) is 8.81. The van der Waals surface area contributed by atoms with Crippen molar-refractivity contribution in [3.63, 3.8) is 0 Å². The number of nitrogens with zero attached hydrogens (tertiary/aromatic N) is 1. The summed E-state index contributed by atoms with van der Waals surface area (Å²) in [6, 6.07) is 5.24. The summed E-state index contributed by atoms with van der Waals surface area (Å²) >= 11 is 5.91. The van der Waals surface area contributed by atoms with Gasteiger partial charge in [0.25, 0.3) is 0 Å². The molecule has 0 spiro atoms. The van der Waals surface area contributed by atoms with Crippen molar-refractivity contribution in [1.29, 1.82) is 0 Å². The van der Waals surface area contributed by atoms with Crippen molar-refractivity contribution in [2.75, 3.05) is 23.7 Å². The van der Waals surface area contributed by atoms with Gasteiger partial charge in [-0.3, -0.25) is 4.79 Å². The molecule has 5 nitrogen and oxygen atoms in total. The molecule has 1 N–H and O–H groups in total. The number of sulfonamides is 1. The van der Waals surface area contributed by atoms with Gasteiger partial charge in [-0.05, 0) is 37.1 Å². The molecule has 0 fully saturated rings. The van der Waals surface area contributed by atoms with Crippen LogP contribution in [0.25, 0.3) is 0 Å². The third kappa shape index (κ3) is 5.65. The highest BCUT2D eigenvalue weighted by atomic mass is 35.5. The Morgan fingerprint density at radius 2 is 2.05 bits per heavy atom. The van der Waals surface area contributed by atoms with Crippen LogP contribution in [0.5, 0.6) is 0 Å². The molecule has 0 heterocycles. The van der Waals surface area contributed by atoms with Crippen molar-refractivity contribution in [2.45, 2.75) is 27.2 Å². The molecule has 0 saturated heterocycles. The van der Waals surface area contributed by atoms with Crippen molar-refractivity contribution in [3.8, 4) is 0 Å². The predicted octanol–water partition coefficient (Wildman–Crippen LogP) is 2.33. The SMILES string of the molecule is CCCS(=O)(=O)NCCN(C(C)=O)c1ccc(Cl)cc1C. The van der Waals surface area contributed by atoms with Crippen LogP contribution in [0.4, 0.5) is 5.69 Å². The molecule has 0 saturated carbocycles. The van der Waals surface area contributed by atoms with E-state index < -0.39 is 10.0 Å². The summed E-state index contributed by atoms with van der Waals surface area (Å²) in [6.45, 7) is 5.58. The fourth-order valence-electron chi connectivity index (χ4n) is 2.02. The van der Waals surface area contributed by atoms with E-state index in [4.69, 9.17) is 11.6 Å². The molecule has 1 rings (SSSR count). The number of aryl methyl sites for hydroxylation is 1. The average molecular weight is 333 g/mol. The van der Waals surface area contributed by atoms with E-state index in [0.29, 0.717) is 11.4 Å². The number of hydrogen-bond acceptors (Lipinski definition) is 3. The van der Waals surface area contributed by atoms with E-state index in [9.17, 15) is 13.2 Å². The van der Waals surface area contributed by atoms with Gasteiger partial charge in [0.2, 0.25) is 15.9 Å². The predicted molar refractivity (Wildman–Crippen MR) is 86.3 cm³/mol. The smallest absolute Gasteiger partial charge is 0.223 e. The van der Waals surface area contributed by atoms with Gasteiger partial charge in [0, 0.05) is 30.7 Å². The molecule has 0 radical (unpaired) electrons. The van der Waals surface area contributed by atoms with Crippen LogP contribution in [0, 0.1) is 6.92 Å².